The van der Waals surface area contributed by atoms with E-state index in [9.17, 15) is 32.8 Å². The second-order valence-electron chi connectivity index (χ2n) is 16.9. The number of piperidine rings is 1. The maximum Gasteiger partial charge on any atom is 0.339 e. The number of fused-ring (bicyclic) bond motifs is 1. The molecule has 2 aromatic heterocycles. The van der Waals surface area contributed by atoms with E-state index in [0.717, 1.165) is 59.6 Å². The monoisotopic (exact) mass is 868 g/mol. The first-order valence-electron chi connectivity index (χ1n) is 20.3. The van der Waals surface area contributed by atoms with Crippen molar-refractivity contribution in [3.05, 3.63) is 107 Å². The van der Waals surface area contributed by atoms with E-state index >= 15 is 8.78 Å². The first-order chi connectivity index (χ1) is 29.7. The third-order valence-electron chi connectivity index (χ3n) is 12.6. The van der Waals surface area contributed by atoms with Crippen LogP contribution in [0.3, 0.4) is 0 Å². The number of ether oxygens (including phenoxy) is 1. The van der Waals surface area contributed by atoms with Gasteiger partial charge in [0.15, 0.2) is 5.82 Å². The van der Waals surface area contributed by atoms with Crippen molar-refractivity contribution in [1.29, 1.82) is 5.26 Å². The van der Waals surface area contributed by atoms with Crippen molar-refractivity contribution in [1.82, 2.24) is 19.2 Å². The number of hydrogen-bond acceptors (Lipinski definition) is 11. The van der Waals surface area contributed by atoms with E-state index in [1.54, 1.807) is 24.4 Å². The van der Waals surface area contributed by atoms with E-state index in [2.05, 4.69) is 30.7 Å². The summed E-state index contributed by atoms with van der Waals surface area (Å²) in [5.74, 6) is -4.13. The summed E-state index contributed by atoms with van der Waals surface area (Å²) < 4.78 is 77.7. The van der Waals surface area contributed by atoms with Crippen LogP contribution in [-0.4, -0.2) is 122 Å². The molecule has 0 amide bonds. The number of nitrogens with zero attached hydrogens (tertiary/aromatic N) is 6. The number of aliphatic hydroxyl groups is 1. The molecule has 4 aliphatic rings. The molecule has 322 valence electrons. The lowest BCUT2D eigenvalue weighted by Gasteiger charge is -2.62. The zero-order valence-corrected chi connectivity index (χ0v) is 34.5. The van der Waals surface area contributed by atoms with E-state index in [-0.39, 0.29) is 35.1 Å². The van der Waals surface area contributed by atoms with Gasteiger partial charge in [-0.15, -0.1) is 0 Å². The summed E-state index contributed by atoms with van der Waals surface area (Å²) in [5.41, 5.74) is 1.87. The highest BCUT2D eigenvalue weighted by molar-refractivity contribution is 7.90. The molecule has 3 N–H and O–H groups in total. The van der Waals surface area contributed by atoms with Gasteiger partial charge in [0, 0.05) is 105 Å². The Kier molecular flexibility index (Phi) is 10.5. The van der Waals surface area contributed by atoms with E-state index in [4.69, 9.17) is 4.74 Å². The van der Waals surface area contributed by atoms with Crippen LogP contribution in [0.25, 0.3) is 22.2 Å². The van der Waals surface area contributed by atoms with Crippen LogP contribution in [0.5, 0.6) is 0 Å². The molecule has 4 aliphatic heterocycles. The number of esters is 1. The zero-order chi connectivity index (χ0) is 43.6. The summed E-state index contributed by atoms with van der Waals surface area (Å²) in [4.78, 5) is 39.8. The second-order valence-corrected chi connectivity index (χ2v) is 18.6. The first kappa shape index (κ1) is 41.4. The van der Waals surface area contributed by atoms with Gasteiger partial charge in [0.1, 0.15) is 23.7 Å². The molecule has 14 nitrogen and oxygen atoms in total. The number of carbonyl (C=O) groups is 2. The number of hydrogen-bond donors (Lipinski definition) is 3. The molecular weight excluding hydrogens is 826 g/mol. The number of nitrogens with one attached hydrogen (secondary N) is 2. The standard InChI is InChI=1S/C44H43F3N8O6S/c1-61-42(57)33-7-6-32(16-28(33)18-48)53-14-11-44(58,12-15-53)26-52-22-43(23-52)24-54(25-43)31-4-2-27(3-5-31)29-17-34-35(20-50-41(34)49-19-29)40(56)38-36(46)8-9-37(39(38)47)51-62(59,60)55-13-10-30(45)21-55/h2-9,16-17,19-20,30,51,58H,10-15,21-26H2,1H3,(H,49,50)/t30-/m1/s1. The minimum atomic E-state index is -4.36. The molecule has 18 heteroatoms. The number of likely N-dealkylation sites (tertiary alicyclic amines) is 1. The van der Waals surface area contributed by atoms with Gasteiger partial charge in [0.05, 0.1) is 35.1 Å². The molecule has 0 bridgehead atoms. The van der Waals surface area contributed by atoms with Gasteiger partial charge >= 0.3 is 16.2 Å². The molecule has 4 saturated heterocycles. The number of benzene rings is 3. The van der Waals surface area contributed by atoms with E-state index in [1.165, 1.54) is 13.3 Å². The van der Waals surface area contributed by atoms with Crippen molar-refractivity contribution in [2.45, 2.75) is 31.0 Å². The Hall–Kier alpha value is -6.00. The van der Waals surface area contributed by atoms with Crippen molar-refractivity contribution in [2.24, 2.45) is 5.41 Å². The number of nitriles is 1. The Labute approximate surface area is 355 Å². The maximum absolute atomic E-state index is 15.7. The summed E-state index contributed by atoms with van der Waals surface area (Å²) >= 11 is 0. The van der Waals surface area contributed by atoms with Crippen LogP contribution < -0.4 is 14.5 Å². The summed E-state index contributed by atoms with van der Waals surface area (Å²) in [6, 6.07) is 18.5. The quantitative estimate of drug-likeness (QED) is 0.117. The van der Waals surface area contributed by atoms with Crippen LogP contribution in [0.4, 0.5) is 30.2 Å². The summed E-state index contributed by atoms with van der Waals surface area (Å²) in [5, 5.41) is 21.4. The fourth-order valence-electron chi connectivity index (χ4n) is 9.32. The molecule has 5 aromatic rings. The smallest absolute Gasteiger partial charge is 0.339 e. The number of carbonyl (C=O) groups excluding carboxylic acids is 2. The van der Waals surface area contributed by atoms with Crippen LogP contribution in [0.2, 0.25) is 0 Å². The second kappa shape index (κ2) is 15.7. The lowest BCUT2D eigenvalue weighted by Crippen LogP contribution is -2.73. The number of aromatic nitrogens is 2. The third-order valence-corrected chi connectivity index (χ3v) is 14.1. The lowest BCUT2D eigenvalue weighted by atomic mass is 9.71. The maximum atomic E-state index is 15.7. The Morgan fingerprint density at radius 1 is 0.968 bits per heavy atom. The van der Waals surface area contributed by atoms with Crippen LogP contribution in [-0.2, 0) is 14.9 Å². The lowest BCUT2D eigenvalue weighted by molar-refractivity contribution is -0.0864. The van der Waals surface area contributed by atoms with Crippen molar-refractivity contribution in [2.75, 3.05) is 80.5 Å². The van der Waals surface area contributed by atoms with Gasteiger partial charge < -0.3 is 24.6 Å². The fourth-order valence-corrected chi connectivity index (χ4v) is 10.6. The molecule has 3 aromatic carbocycles. The number of alkyl halides is 1. The number of pyridine rings is 1. The van der Waals surface area contributed by atoms with Gasteiger partial charge in [-0.25, -0.2) is 22.9 Å². The van der Waals surface area contributed by atoms with Gasteiger partial charge in [0.2, 0.25) is 5.78 Å². The molecule has 1 spiro atoms. The average molecular weight is 869 g/mol. The Morgan fingerprint density at radius 3 is 2.37 bits per heavy atom. The molecule has 0 unspecified atom stereocenters. The molecule has 4 fully saturated rings. The Balaban J connectivity index is 0.803. The van der Waals surface area contributed by atoms with E-state index in [1.807, 2.05) is 35.1 Å². The first-order valence-corrected chi connectivity index (χ1v) is 21.7. The minimum Gasteiger partial charge on any atom is -0.465 e. The largest absolute Gasteiger partial charge is 0.465 e. The van der Waals surface area contributed by atoms with Crippen molar-refractivity contribution in [3.8, 4) is 17.2 Å². The Morgan fingerprint density at radius 2 is 1.69 bits per heavy atom. The predicted octanol–water partition coefficient (Wildman–Crippen LogP) is 5.25. The summed E-state index contributed by atoms with van der Waals surface area (Å²) in [6.07, 6.45) is 2.75. The molecule has 62 heavy (non-hydrogen) atoms. The number of H-pyrrole nitrogens is 1. The van der Waals surface area contributed by atoms with Crippen LogP contribution in [0.1, 0.15) is 51.1 Å². The summed E-state index contributed by atoms with van der Waals surface area (Å²) in [7, 11) is -3.08. The van der Waals surface area contributed by atoms with Crippen molar-refractivity contribution >= 4 is 50.1 Å². The van der Waals surface area contributed by atoms with Gasteiger partial charge in [0.25, 0.3) is 0 Å². The molecular formula is C44H43F3N8O6S. The minimum absolute atomic E-state index is 0.000440. The van der Waals surface area contributed by atoms with Crippen LogP contribution in [0.15, 0.2) is 73.1 Å². The number of rotatable bonds is 11. The SMILES string of the molecule is COC(=O)c1ccc(N2CCC(O)(CN3CC4(C3)CN(c3ccc(-c5cnc6[nH]cc(C(=O)c7c(F)ccc(NS(=O)(=O)N8CC[C@@H](F)C8)c7F)c6c5)cc3)C4)CC2)cc1C#N. The number of methoxy groups -OCH3 is 1. The number of halogens is 3. The molecule has 1 atom stereocenters. The van der Waals surface area contributed by atoms with Crippen molar-refractivity contribution in [3.63, 3.8) is 0 Å². The number of anilines is 3. The number of β-amino-alcohol motifs (C(OH)–C–C–N with tert-alkyl or cyclic N) is 1. The normalized spacial score (nSPS) is 19.8. The molecule has 6 heterocycles. The van der Waals surface area contributed by atoms with Crippen LogP contribution in [0, 0.1) is 28.4 Å². The van der Waals surface area contributed by atoms with Crippen molar-refractivity contribution < 1.29 is 41.0 Å². The topological polar surface area (TPSA) is 175 Å². The van der Waals surface area contributed by atoms with Gasteiger partial charge in [-0.1, -0.05) is 12.1 Å². The summed E-state index contributed by atoms with van der Waals surface area (Å²) in [6.45, 7) is 4.91. The van der Waals surface area contributed by atoms with E-state index < -0.39 is 63.2 Å². The number of ketones is 1. The Bertz CT molecular complexity index is 2740. The predicted molar refractivity (Wildman–Crippen MR) is 225 cm³/mol. The van der Waals surface area contributed by atoms with Gasteiger partial charge in [-0.2, -0.15) is 18.0 Å². The van der Waals surface area contributed by atoms with Gasteiger partial charge in [-0.3, -0.25) is 14.4 Å². The number of aromatic amines is 1. The average Bonchev–Trinajstić information content (AvgIpc) is 3.89. The van der Waals surface area contributed by atoms with Crippen LogP contribution >= 0.6 is 0 Å². The van der Waals surface area contributed by atoms with Gasteiger partial charge in [-0.05, 0) is 73.4 Å². The molecule has 0 radical (unpaired) electrons. The molecule has 0 saturated carbocycles. The highest BCUT2D eigenvalue weighted by atomic mass is 32.2. The fraction of sp³-hybridized carbons (Fsp3) is 0.364. The third kappa shape index (κ3) is 7.63. The highest BCUT2D eigenvalue weighted by Gasteiger charge is 2.53. The molecule has 9 rings (SSSR count). The zero-order valence-electron chi connectivity index (χ0n) is 33.7. The highest BCUT2D eigenvalue weighted by Crippen LogP contribution is 2.43. The molecule has 0 aliphatic carbocycles. The van der Waals surface area contributed by atoms with E-state index in [0.29, 0.717) is 49.1 Å².